The van der Waals surface area contributed by atoms with E-state index in [1.165, 1.54) is 16.2 Å². The third kappa shape index (κ3) is 3.31. The fraction of sp³-hybridized carbons (Fsp3) is 0.294. The second kappa shape index (κ2) is 6.93. The lowest BCUT2D eigenvalue weighted by Gasteiger charge is -2.32. The summed E-state index contributed by atoms with van der Waals surface area (Å²) in [4.78, 5) is 27.0. The van der Waals surface area contributed by atoms with Crippen LogP contribution in [0.1, 0.15) is 15.2 Å². The molecule has 1 aromatic heterocycles. The molecule has 0 spiro atoms. The van der Waals surface area contributed by atoms with Gasteiger partial charge in [-0.25, -0.2) is 4.79 Å². The minimum atomic E-state index is -1.05. The van der Waals surface area contributed by atoms with Crippen molar-refractivity contribution in [1.82, 2.24) is 4.90 Å². The number of thiophene rings is 1. The van der Waals surface area contributed by atoms with Crippen molar-refractivity contribution in [3.63, 3.8) is 0 Å². The van der Waals surface area contributed by atoms with Crippen LogP contribution in [0.15, 0.2) is 30.3 Å². The van der Waals surface area contributed by atoms with Gasteiger partial charge in [0.2, 0.25) is 0 Å². The van der Waals surface area contributed by atoms with Gasteiger partial charge in [-0.05, 0) is 36.2 Å². The van der Waals surface area contributed by atoms with Crippen LogP contribution in [-0.2, 0) is 9.53 Å². The van der Waals surface area contributed by atoms with Crippen LogP contribution in [0.25, 0.3) is 10.4 Å². The highest BCUT2D eigenvalue weighted by atomic mass is 35.5. The van der Waals surface area contributed by atoms with E-state index in [1.54, 1.807) is 12.1 Å². The summed E-state index contributed by atoms with van der Waals surface area (Å²) in [6, 6.07) is 8.31. The highest BCUT2D eigenvalue weighted by molar-refractivity contribution is 7.17. The standard InChI is InChI=1S/C17H16ClNO4S/c1-10-7-14(24-15(10)11-3-2-4-12(18)8-11)16(20)19-5-6-23-9-13(19)17(21)22/h2-4,7-8,13H,5-6,9H2,1H3,(H,21,22). The molecule has 1 fully saturated rings. The molecule has 1 aliphatic heterocycles. The van der Waals surface area contributed by atoms with Crippen molar-refractivity contribution >= 4 is 34.8 Å². The zero-order chi connectivity index (χ0) is 17.3. The number of carbonyl (C=O) groups excluding carboxylic acids is 1. The molecule has 5 nitrogen and oxygen atoms in total. The molecule has 1 aliphatic rings. The molecule has 3 rings (SSSR count). The van der Waals surface area contributed by atoms with Crippen molar-refractivity contribution in [3.05, 3.63) is 45.8 Å². The third-order valence-corrected chi connectivity index (χ3v) is 5.40. The number of ether oxygens (including phenoxy) is 1. The van der Waals surface area contributed by atoms with Gasteiger partial charge in [0.25, 0.3) is 5.91 Å². The van der Waals surface area contributed by atoms with Gasteiger partial charge in [0.05, 0.1) is 18.1 Å². The van der Waals surface area contributed by atoms with Gasteiger partial charge in [0, 0.05) is 16.4 Å². The number of carbonyl (C=O) groups is 2. The number of benzene rings is 1. The van der Waals surface area contributed by atoms with Crippen LogP contribution in [0, 0.1) is 6.92 Å². The van der Waals surface area contributed by atoms with Crippen molar-refractivity contribution in [2.45, 2.75) is 13.0 Å². The van der Waals surface area contributed by atoms with Gasteiger partial charge < -0.3 is 14.7 Å². The van der Waals surface area contributed by atoms with Crippen molar-refractivity contribution in [2.24, 2.45) is 0 Å². The maximum atomic E-state index is 12.8. The highest BCUT2D eigenvalue weighted by Gasteiger charge is 2.34. The van der Waals surface area contributed by atoms with Crippen molar-refractivity contribution in [3.8, 4) is 10.4 Å². The summed E-state index contributed by atoms with van der Waals surface area (Å²) >= 11 is 7.40. The molecule has 1 unspecified atom stereocenters. The average molecular weight is 366 g/mol. The minimum Gasteiger partial charge on any atom is -0.480 e. The van der Waals surface area contributed by atoms with E-state index >= 15 is 0 Å². The van der Waals surface area contributed by atoms with E-state index in [0.29, 0.717) is 16.5 Å². The molecule has 7 heteroatoms. The first-order valence-electron chi connectivity index (χ1n) is 7.45. The molecule has 2 aromatic rings. The number of carboxylic acids is 1. The van der Waals surface area contributed by atoms with Crippen molar-refractivity contribution < 1.29 is 19.4 Å². The Morgan fingerprint density at radius 2 is 2.17 bits per heavy atom. The van der Waals surface area contributed by atoms with E-state index in [1.807, 2.05) is 25.1 Å². The lowest BCUT2D eigenvalue weighted by atomic mass is 10.1. The molecule has 0 saturated carbocycles. The number of nitrogens with zero attached hydrogens (tertiary/aromatic N) is 1. The van der Waals surface area contributed by atoms with Gasteiger partial charge in [-0.2, -0.15) is 0 Å². The summed E-state index contributed by atoms with van der Waals surface area (Å²) in [5, 5.41) is 9.92. The molecule has 126 valence electrons. The summed E-state index contributed by atoms with van der Waals surface area (Å²) in [5.74, 6) is -1.32. The van der Waals surface area contributed by atoms with Gasteiger partial charge in [0.1, 0.15) is 0 Å². The third-order valence-electron chi connectivity index (χ3n) is 3.89. The average Bonchev–Trinajstić information content (AvgIpc) is 2.96. The molecule has 1 amide bonds. The Labute approximate surface area is 148 Å². The second-order valence-corrected chi connectivity index (χ2v) is 7.05. The predicted octanol–water partition coefficient (Wildman–Crippen LogP) is 3.30. The molecule has 1 N–H and O–H groups in total. The van der Waals surface area contributed by atoms with Crippen LogP contribution < -0.4 is 0 Å². The Bertz CT molecular complexity index is 789. The Morgan fingerprint density at radius 3 is 2.88 bits per heavy atom. The maximum absolute atomic E-state index is 12.8. The fourth-order valence-electron chi connectivity index (χ4n) is 2.70. The summed E-state index contributed by atoms with van der Waals surface area (Å²) < 4.78 is 5.19. The number of morpholine rings is 1. The molecule has 0 aliphatic carbocycles. The molecule has 1 atom stereocenters. The van der Waals surface area contributed by atoms with Crippen LogP contribution in [0.4, 0.5) is 0 Å². The number of rotatable bonds is 3. The molecule has 0 radical (unpaired) electrons. The van der Waals surface area contributed by atoms with E-state index in [2.05, 4.69) is 0 Å². The smallest absolute Gasteiger partial charge is 0.328 e. The van der Waals surface area contributed by atoms with E-state index < -0.39 is 12.0 Å². The lowest BCUT2D eigenvalue weighted by molar-refractivity contribution is -0.147. The quantitative estimate of drug-likeness (QED) is 0.906. The second-order valence-electron chi connectivity index (χ2n) is 5.56. The Kier molecular flexibility index (Phi) is 4.89. The van der Waals surface area contributed by atoms with E-state index in [4.69, 9.17) is 16.3 Å². The normalized spacial score (nSPS) is 17.8. The predicted molar refractivity (Wildman–Crippen MR) is 92.8 cm³/mol. The van der Waals surface area contributed by atoms with Crippen LogP contribution in [-0.4, -0.2) is 47.7 Å². The largest absolute Gasteiger partial charge is 0.480 e. The fourth-order valence-corrected chi connectivity index (χ4v) is 4.01. The van der Waals surface area contributed by atoms with Gasteiger partial charge in [-0.3, -0.25) is 4.79 Å². The van der Waals surface area contributed by atoms with E-state index in [-0.39, 0.29) is 19.1 Å². The topological polar surface area (TPSA) is 66.8 Å². The summed E-state index contributed by atoms with van der Waals surface area (Å²) in [6.07, 6.45) is 0. The maximum Gasteiger partial charge on any atom is 0.328 e. The van der Waals surface area contributed by atoms with Crippen LogP contribution in [0.3, 0.4) is 0 Å². The number of carboxylic acid groups (broad SMARTS) is 1. The lowest BCUT2D eigenvalue weighted by Crippen LogP contribution is -2.52. The van der Waals surface area contributed by atoms with Gasteiger partial charge in [0.15, 0.2) is 6.04 Å². The van der Waals surface area contributed by atoms with Gasteiger partial charge >= 0.3 is 5.97 Å². The first kappa shape index (κ1) is 17.0. The molecule has 24 heavy (non-hydrogen) atoms. The zero-order valence-corrected chi connectivity index (χ0v) is 14.6. The Balaban J connectivity index is 1.91. The molecular weight excluding hydrogens is 350 g/mol. The van der Waals surface area contributed by atoms with Gasteiger partial charge in [-0.1, -0.05) is 23.7 Å². The Morgan fingerprint density at radius 1 is 1.38 bits per heavy atom. The molecule has 0 bridgehead atoms. The molecular formula is C17H16ClNO4S. The highest BCUT2D eigenvalue weighted by Crippen LogP contribution is 2.34. The van der Waals surface area contributed by atoms with Gasteiger partial charge in [-0.15, -0.1) is 11.3 Å². The number of hydrogen-bond acceptors (Lipinski definition) is 4. The van der Waals surface area contributed by atoms with E-state index in [9.17, 15) is 14.7 Å². The van der Waals surface area contributed by atoms with E-state index in [0.717, 1.165) is 16.0 Å². The summed E-state index contributed by atoms with van der Waals surface area (Å²) in [5.41, 5.74) is 1.91. The first-order valence-corrected chi connectivity index (χ1v) is 8.64. The van der Waals surface area contributed by atoms with Crippen molar-refractivity contribution in [1.29, 1.82) is 0 Å². The number of halogens is 1. The number of amides is 1. The summed E-state index contributed by atoms with van der Waals surface area (Å²) in [7, 11) is 0. The first-order chi connectivity index (χ1) is 11.5. The van der Waals surface area contributed by atoms with Crippen LogP contribution >= 0.6 is 22.9 Å². The monoisotopic (exact) mass is 365 g/mol. The zero-order valence-electron chi connectivity index (χ0n) is 13.0. The molecule has 2 heterocycles. The number of aryl methyl sites for hydroxylation is 1. The van der Waals surface area contributed by atoms with Crippen LogP contribution in [0.5, 0.6) is 0 Å². The van der Waals surface area contributed by atoms with Crippen molar-refractivity contribution in [2.75, 3.05) is 19.8 Å². The molecule has 1 saturated heterocycles. The minimum absolute atomic E-state index is 0.0204. The Hall–Kier alpha value is -1.89. The number of aliphatic carboxylic acids is 1. The summed E-state index contributed by atoms with van der Waals surface area (Å²) in [6.45, 7) is 2.57. The molecule has 1 aromatic carbocycles. The van der Waals surface area contributed by atoms with Crippen LogP contribution in [0.2, 0.25) is 5.02 Å². The number of hydrogen-bond donors (Lipinski definition) is 1. The SMILES string of the molecule is Cc1cc(C(=O)N2CCOCC2C(=O)O)sc1-c1cccc(Cl)c1.